The van der Waals surface area contributed by atoms with Crippen LogP contribution >= 0.6 is 0 Å². The Balaban J connectivity index is 1.52. The van der Waals surface area contributed by atoms with Crippen molar-refractivity contribution in [2.24, 2.45) is 5.92 Å². The third-order valence-electron chi connectivity index (χ3n) is 4.47. The van der Waals surface area contributed by atoms with Gasteiger partial charge >= 0.3 is 0 Å². The second-order valence-corrected chi connectivity index (χ2v) is 6.08. The molecule has 1 aliphatic heterocycles. The van der Waals surface area contributed by atoms with Gasteiger partial charge < -0.3 is 19.7 Å². The molecule has 1 saturated carbocycles. The van der Waals surface area contributed by atoms with Crippen molar-refractivity contribution in [2.45, 2.75) is 38.6 Å². The predicted octanol–water partition coefficient (Wildman–Crippen LogP) is 2.10. The number of ether oxygens (including phenoxy) is 2. The zero-order valence-corrected chi connectivity index (χ0v) is 13.0. The van der Waals surface area contributed by atoms with Crippen LogP contribution in [0.4, 0.5) is 5.95 Å². The number of aromatic amines is 1. The Morgan fingerprint density at radius 1 is 1.33 bits per heavy atom. The highest BCUT2D eigenvalue weighted by Gasteiger charge is 2.26. The van der Waals surface area contributed by atoms with Gasteiger partial charge in [-0.1, -0.05) is 19.8 Å². The first-order valence-corrected chi connectivity index (χ1v) is 8.04. The molecular formula is C15H26N4O2. The SMILES string of the molecule is CCN1CC(COc2[nH]c(NC3CCCC3)nc2OC)C1. The largest absolute Gasteiger partial charge is 0.477 e. The number of hydrogen-bond donors (Lipinski definition) is 2. The number of anilines is 1. The van der Waals surface area contributed by atoms with Gasteiger partial charge in [-0.15, -0.1) is 0 Å². The third-order valence-corrected chi connectivity index (χ3v) is 4.47. The summed E-state index contributed by atoms with van der Waals surface area (Å²) in [7, 11) is 1.63. The molecule has 0 unspecified atom stereocenters. The average molecular weight is 294 g/mol. The van der Waals surface area contributed by atoms with E-state index in [0.717, 1.165) is 32.2 Å². The highest BCUT2D eigenvalue weighted by atomic mass is 16.5. The zero-order valence-electron chi connectivity index (χ0n) is 13.0. The van der Waals surface area contributed by atoms with Crippen LogP contribution < -0.4 is 14.8 Å². The Kier molecular flexibility index (Phi) is 4.53. The Labute approximate surface area is 126 Å². The van der Waals surface area contributed by atoms with E-state index in [9.17, 15) is 0 Å². The van der Waals surface area contributed by atoms with E-state index in [2.05, 4.69) is 27.1 Å². The molecule has 1 saturated heterocycles. The summed E-state index contributed by atoms with van der Waals surface area (Å²) in [5.41, 5.74) is 0. The maximum Gasteiger partial charge on any atom is 0.279 e. The first-order valence-electron chi connectivity index (χ1n) is 8.04. The van der Waals surface area contributed by atoms with Crippen molar-refractivity contribution < 1.29 is 9.47 Å². The maximum atomic E-state index is 5.86. The van der Waals surface area contributed by atoms with Crippen molar-refractivity contribution in [1.29, 1.82) is 0 Å². The van der Waals surface area contributed by atoms with Crippen LogP contribution in [-0.4, -0.2) is 54.3 Å². The fourth-order valence-electron chi connectivity index (χ4n) is 3.15. The van der Waals surface area contributed by atoms with Crippen LogP contribution in [0.5, 0.6) is 11.8 Å². The lowest BCUT2D eigenvalue weighted by molar-refractivity contribution is 0.0647. The normalized spacial score (nSPS) is 20.5. The number of aromatic nitrogens is 2. The van der Waals surface area contributed by atoms with Gasteiger partial charge in [0, 0.05) is 25.0 Å². The van der Waals surface area contributed by atoms with Crippen LogP contribution in [0.2, 0.25) is 0 Å². The Morgan fingerprint density at radius 2 is 2.10 bits per heavy atom. The molecule has 6 nitrogen and oxygen atoms in total. The molecule has 1 aromatic rings. The summed E-state index contributed by atoms with van der Waals surface area (Å²) in [5.74, 6) is 2.57. The Bertz CT molecular complexity index is 451. The number of H-pyrrole nitrogens is 1. The summed E-state index contributed by atoms with van der Waals surface area (Å²) in [4.78, 5) is 10.0. The lowest BCUT2D eigenvalue weighted by Gasteiger charge is -2.37. The van der Waals surface area contributed by atoms with Crippen LogP contribution in [0, 0.1) is 5.92 Å². The number of nitrogens with one attached hydrogen (secondary N) is 2. The summed E-state index contributed by atoms with van der Waals surface area (Å²) in [6, 6.07) is 0.526. The lowest BCUT2D eigenvalue weighted by Crippen LogP contribution is -2.48. The minimum Gasteiger partial charge on any atom is -0.477 e. The lowest BCUT2D eigenvalue weighted by atomic mass is 10.0. The van der Waals surface area contributed by atoms with Crippen molar-refractivity contribution in [3.8, 4) is 11.8 Å². The molecule has 2 N–H and O–H groups in total. The van der Waals surface area contributed by atoms with Gasteiger partial charge in [0.2, 0.25) is 5.95 Å². The van der Waals surface area contributed by atoms with Crippen LogP contribution in [0.15, 0.2) is 0 Å². The average Bonchev–Trinajstić information content (AvgIpc) is 3.07. The molecule has 0 atom stereocenters. The number of nitrogens with zero attached hydrogens (tertiary/aromatic N) is 2. The summed E-state index contributed by atoms with van der Waals surface area (Å²) in [6.45, 7) is 6.29. The molecule has 21 heavy (non-hydrogen) atoms. The first-order chi connectivity index (χ1) is 10.3. The molecule has 0 spiro atoms. The molecule has 0 aromatic carbocycles. The van der Waals surface area contributed by atoms with E-state index in [1.807, 2.05) is 0 Å². The first kappa shape index (κ1) is 14.5. The van der Waals surface area contributed by atoms with Gasteiger partial charge in [0.25, 0.3) is 11.8 Å². The highest BCUT2D eigenvalue weighted by molar-refractivity contribution is 5.39. The van der Waals surface area contributed by atoms with E-state index in [4.69, 9.17) is 9.47 Å². The maximum absolute atomic E-state index is 5.86. The quantitative estimate of drug-likeness (QED) is 0.806. The molecule has 1 aromatic heterocycles. The van der Waals surface area contributed by atoms with E-state index in [1.165, 1.54) is 25.7 Å². The van der Waals surface area contributed by atoms with Crippen molar-refractivity contribution >= 4 is 5.95 Å². The summed E-state index contributed by atoms with van der Waals surface area (Å²) >= 11 is 0. The van der Waals surface area contributed by atoms with Gasteiger partial charge in [-0.05, 0) is 19.4 Å². The van der Waals surface area contributed by atoms with Crippen LogP contribution in [0.1, 0.15) is 32.6 Å². The van der Waals surface area contributed by atoms with E-state index in [0.29, 0.717) is 23.7 Å². The van der Waals surface area contributed by atoms with Gasteiger partial charge in [0.05, 0.1) is 13.7 Å². The van der Waals surface area contributed by atoms with Crippen molar-refractivity contribution in [3.63, 3.8) is 0 Å². The number of imidazole rings is 1. The van der Waals surface area contributed by atoms with Crippen molar-refractivity contribution in [3.05, 3.63) is 0 Å². The van der Waals surface area contributed by atoms with Crippen molar-refractivity contribution in [2.75, 3.05) is 38.7 Å². The second-order valence-electron chi connectivity index (χ2n) is 6.08. The molecule has 2 fully saturated rings. The minimum absolute atomic E-state index is 0.526. The molecule has 118 valence electrons. The summed E-state index contributed by atoms with van der Waals surface area (Å²) in [6.07, 6.45) is 5.03. The smallest absolute Gasteiger partial charge is 0.279 e. The van der Waals surface area contributed by atoms with E-state index in [-0.39, 0.29) is 0 Å². The van der Waals surface area contributed by atoms with Gasteiger partial charge in [-0.25, -0.2) is 0 Å². The molecule has 0 bridgehead atoms. The van der Waals surface area contributed by atoms with Gasteiger partial charge in [0.1, 0.15) is 0 Å². The Morgan fingerprint density at radius 3 is 2.76 bits per heavy atom. The van der Waals surface area contributed by atoms with Crippen LogP contribution in [0.25, 0.3) is 0 Å². The molecule has 0 amide bonds. The van der Waals surface area contributed by atoms with Crippen LogP contribution in [-0.2, 0) is 0 Å². The van der Waals surface area contributed by atoms with Gasteiger partial charge in [0.15, 0.2) is 0 Å². The number of rotatable bonds is 7. The molecule has 6 heteroatoms. The Hall–Kier alpha value is -1.43. The number of hydrogen-bond acceptors (Lipinski definition) is 5. The third kappa shape index (κ3) is 3.43. The summed E-state index contributed by atoms with van der Waals surface area (Å²) in [5, 5.41) is 3.43. The zero-order chi connectivity index (χ0) is 14.7. The van der Waals surface area contributed by atoms with E-state index in [1.54, 1.807) is 7.11 Å². The monoisotopic (exact) mass is 294 g/mol. The molecular weight excluding hydrogens is 268 g/mol. The van der Waals surface area contributed by atoms with E-state index >= 15 is 0 Å². The second kappa shape index (κ2) is 6.56. The van der Waals surface area contributed by atoms with Gasteiger partial charge in [-0.3, -0.25) is 4.98 Å². The minimum atomic E-state index is 0.526. The van der Waals surface area contributed by atoms with Crippen molar-refractivity contribution in [1.82, 2.24) is 14.9 Å². The fraction of sp³-hybridized carbons (Fsp3) is 0.800. The molecule has 2 heterocycles. The van der Waals surface area contributed by atoms with Crippen LogP contribution in [0.3, 0.4) is 0 Å². The molecule has 0 radical (unpaired) electrons. The van der Waals surface area contributed by atoms with Gasteiger partial charge in [-0.2, -0.15) is 4.98 Å². The highest BCUT2D eigenvalue weighted by Crippen LogP contribution is 2.29. The molecule has 1 aliphatic carbocycles. The standard InChI is InChI=1S/C15H26N4O2/c1-3-19-8-11(9-19)10-21-14-13(20-2)17-15(18-14)16-12-6-4-5-7-12/h11-12H,3-10H2,1-2H3,(H2,16,17,18). The molecule has 3 rings (SSSR count). The fourth-order valence-corrected chi connectivity index (χ4v) is 3.15. The number of methoxy groups -OCH3 is 1. The molecule has 2 aliphatic rings. The van der Waals surface area contributed by atoms with E-state index < -0.39 is 0 Å². The number of likely N-dealkylation sites (tertiary alicyclic amines) is 1. The predicted molar refractivity (Wildman–Crippen MR) is 82.1 cm³/mol. The topological polar surface area (TPSA) is 62.4 Å². The summed E-state index contributed by atoms with van der Waals surface area (Å²) < 4.78 is 11.2.